The highest BCUT2D eigenvalue weighted by Crippen LogP contribution is 2.42. The van der Waals surface area contributed by atoms with Crippen LogP contribution in [-0.2, 0) is 0 Å². The molecule has 0 heteroatoms. The van der Waals surface area contributed by atoms with Crippen LogP contribution in [0.15, 0.2) is 11.1 Å². The van der Waals surface area contributed by atoms with E-state index in [4.69, 9.17) is 0 Å². The van der Waals surface area contributed by atoms with Gasteiger partial charge < -0.3 is 0 Å². The number of hydrogen-bond donors (Lipinski definition) is 0. The van der Waals surface area contributed by atoms with E-state index in [-0.39, 0.29) is 0 Å². The molecule has 0 saturated heterocycles. The zero-order chi connectivity index (χ0) is 9.19. The molecule has 0 nitrogen and oxygen atoms in total. The molecule has 12 heavy (non-hydrogen) atoms. The summed E-state index contributed by atoms with van der Waals surface area (Å²) in [6, 6.07) is 0. The monoisotopic (exact) mass is 166 g/mol. The molecule has 0 aromatic heterocycles. The third kappa shape index (κ3) is 1.91. The maximum Gasteiger partial charge on any atom is -0.0264 e. The van der Waals surface area contributed by atoms with Crippen molar-refractivity contribution < 1.29 is 0 Å². The normalized spacial score (nSPS) is 31.0. The quantitative estimate of drug-likeness (QED) is 0.536. The van der Waals surface area contributed by atoms with Crippen molar-refractivity contribution >= 4 is 0 Å². The van der Waals surface area contributed by atoms with Crippen LogP contribution in [0, 0.1) is 5.41 Å². The van der Waals surface area contributed by atoms with Gasteiger partial charge in [-0.3, -0.25) is 0 Å². The molecular weight excluding hydrogens is 144 g/mol. The summed E-state index contributed by atoms with van der Waals surface area (Å²) in [6.07, 6.45) is 6.70. The van der Waals surface area contributed by atoms with E-state index in [1.807, 2.05) is 0 Å². The van der Waals surface area contributed by atoms with Crippen molar-refractivity contribution in [3.05, 3.63) is 11.1 Å². The van der Waals surface area contributed by atoms with Gasteiger partial charge >= 0.3 is 0 Å². The van der Waals surface area contributed by atoms with Gasteiger partial charge in [0, 0.05) is 0 Å². The average molecular weight is 166 g/mol. The Morgan fingerprint density at radius 1 is 1.33 bits per heavy atom. The lowest BCUT2D eigenvalue weighted by Gasteiger charge is -2.34. The topological polar surface area (TPSA) is 0 Å². The summed E-state index contributed by atoms with van der Waals surface area (Å²) in [5.41, 5.74) is 4.01. The fourth-order valence-corrected chi connectivity index (χ4v) is 2.15. The minimum Gasteiger partial charge on any atom is -0.0741 e. The molecule has 0 heterocycles. The first-order valence-corrected chi connectivity index (χ1v) is 5.29. The Labute approximate surface area is 77.1 Å². The van der Waals surface area contributed by atoms with Crippen LogP contribution in [0.3, 0.4) is 0 Å². The molecule has 0 spiro atoms. The summed E-state index contributed by atoms with van der Waals surface area (Å²) in [6.45, 7) is 9.37. The maximum atomic E-state index is 2.44. The number of rotatable bonds is 2. The second kappa shape index (κ2) is 3.64. The molecule has 1 rings (SSSR count). The predicted octanol–water partition coefficient (Wildman–Crippen LogP) is 4.31. The third-order valence-corrected chi connectivity index (χ3v) is 3.63. The second-order valence-electron chi connectivity index (χ2n) is 4.58. The van der Waals surface area contributed by atoms with E-state index in [0.717, 1.165) is 0 Å². The minimum absolute atomic E-state index is 0.616. The fraction of sp³-hybridized carbons (Fsp3) is 0.833. The average Bonchev–Trinajstić information content (AvgIpc) is 2.10. The van der Waals surface area contributed by atoms with Gasteiger partial charge in [-0.2, -0.15) is 0 Å². The van der Waals surface area contributed by atoms with Crippen molar-refractivity contribution in [2.24, 2.45) is 5.41 Å². The molecule has 0 radical (unpaired) electrons. The summed E-state index contributed by atoms with van der Waals surface area (Å²) in [7, 11) is 0. The largest absolute Gasteiger partial charge is 0.0741 e. The first-order chi connectivity index (χ1) is 5.61. The fourth-order valence-electron chi connectivity index (χ4n) is 2.15. The summed E-state index contributed by atoms with van der Waals surface area (Å²) in [4.78, 5) is 0. The Bertz CT molecular complexity index is 188. The van der Waals surface area contributed by atoms with E-state index < -0.39 is 0 Å². The zero-order valence-electron chi connectivity index (χ0n) is 9.04. The summed E-state index contributed by atoms with van der Waals surface area (Å²) >= 11 is 0. The first kappa shape index (κ1) is 9.83. The zero-order valence-corrected chi connectivity index (χ0v) is 9.04. The molecule has 1 aliphatic carbocycles. The molecular formula is C12H22. The second-order valence-corrected chi connectivity index (χ2v) is 4.58. The molecule has 0 aromatic rings. The first-order valence-electron chi connectivity index (χ1n) is 5.29. The van der Waals surface area contributed by atoms with E-state index in [1.165, 1.54) is 32.1 Å². The predicted molar refractivity (Wildman–Crippen MR) is 55.2 cm³/mol. The molecule has 0 amide bonds. The molecule has 0 N–H and O–H groups in total. The Hall–Kier alpha value is -0.260. The van der Waals surface area contributed by atoms with Crippen LogP contribution in [0.1, 0.15) is 59.8 Å². The highest BCUT2D eigenvalue weighted by molar-refractivity contribution is 5.17. The highest BCUT2D eigenvalue weighted by Gasteiger charge is 2.27. The van der Waals surface area contributed by atoms with Crippen LogP contribution < -0.4 is 0 Å². The summed E-state index contributed by atoms with van der Waals surface area (Å²) in [5, 5.41) is 0. The molecule has 0 fully saturated rings. The van der Waals surface area contributed by atoms with Crippen molar-refractivity contribution in [3.63, 3.8) is 0 Å². The highest BCUT2D eigenvalue weighted by atomic mass is 14.3. The van der Waals surface area contributed by atoms with Gasteiger partial charge in [-0.15, -0.1) is 0 Å². The molecule has 70 valence electrons. The van der Waals surface area contributed by atoms with Crippen molar-refractivity contribution in [1.29, 1.82) is 0 Å². The van der Waals surface area contributed by atoms with Crippen LogP contribution in [0.25, 0.3) is 0 Å². The Kier molecular flexibility index (Phi) is 2.98. The van der Waals surface area contributed by atoms with Gasteiger partial charge in [-0.05, 0) is 38.0 Å². The molecule has 0 aromatic carbocycles. The van der Waals surface area contributed by atoms with Gasteiger partial charge in [0.1, 0.15) is 0 Å². The van der Waals surface area contributed by atoms with E-state index >= 15 is 0 Å². The van der Waals surface area contributed by atoms with Crippen molar-refractivity contribution in [1.82, 2.24) is 0 Å². The number of hydrogen-bond acceptors (Lipinski definition) is 0. The molecule has 0 aliphatic heterocycles. The van der Waals surface area contributed by atoms with Crippen molar-refractivity contribution in [3.8, 4) is 0 Å². The summed E-state index contributed by atoms with van der Waals surface area (Å²) in [5.74, 6) is 0. The van der Waals surface area contributed by atoms with Gasteiger partial charge in [0.05, 0.1) is 0 Å². The van der Waals surface area contributed by atoms with Gasteiger partial charge in [-0.25, -0.2) is 0 Å². The smallest absolute Gasteiger partial charge is 0.0264 e. The van der Waals surface area contributed by atoms with Gasteiger partial charge in [0.25, 0.3) is 0 Å². The Morgan fingerprint density at radius 3 is 2.50 bits per heavy atom. The maximum absolute atomic E-state index is 2.44. The van der Waals surface area contributed by atoms with Gasteiger partial charge in [0.2, 0.25) is 0 Å². The molecule has 0 bridgehead atoms. The van der Waals surface area contributed by atoms with E-state index in [2.05, 4.69) is 27.7 Å². The van der Waals surface area contributed by atoms with Gasteiger partial charge in [0.15, 0.2) is 0 Å². The molecule has 1 atom stereocenters. The Balaban J connectivity index is 2.73. The van der Waals surface area contributed by atoms with E-state index in [1.54, 1.807) is 11.1 Å². The van der Waals surface area contributed by atoms with Crippen LogP contribution >= 0.6 is 0 Å². The van der Waals surface area contributed by atoms with Crippen LogP contribution in [0.2, 0.25) is 0 Å². The van der Waals surface area contributed by atoms with Crippen molar-refractivity contribution in [2.75, 3.05) is 0 Å². The molecule has 0 saturated carbocycles. The van der Waals surface area contributed by atoms with Crippen LogP contribution in [-0.4, -0.2) is 0 Å². The van der Waals surface area contributed by atoms with Crippen LogP contribution in [0.5, 0.6) is 0 Å². The number of allylic oxidation sites excluding steroid dienone is 2. The lowest BCUT2D eigenvalue weighted by molar-refractivity contribution is 0.264. The Morgan fingerprint density at radius 2 is 2.00 bits per heavy atom. The van der Waals surface area contributed by atoms with Crippen molar-refractivity contribution in [2.45, 2.75) is 59.8 Å². The lowest BCUT2D eigenvalue weighted by Crippen LogP contribution is -2.20. The van der Waals surface area contributed by atoms with E-state index in [9.17, 15) is 0 Å². The minimum atomic E-state index is 0.616. The standard InChI is InChI=1S/C12H22/c1-5-11-9-12(4,6-2)8-7-10(11)3/h5-9H2,1-4H3. The van der Waals surface area contributed by atoms with Crippen LogP contribution in [0.4, 0.5) is 0 Å². The van der Waals surface area contributed by atoms with Gasteiger partial charge in [-0.1, -0.05) is 38.3 Å². The van der Waals surface area contributed by atoms with E-state index in [0.29, 0.717) is 5.41 Å². The lowest BCUT2D eigenvalue weighted by atomic mass is 9.71. The summed E-state index contributed by atoms with van der Waals surface area (Å²) < 4.78 is 0. The molecule has 1 unspecified atom stereocenters. The SMILES string of the molecule is CCC1=C(C)CCC(C)(CC)C1. The third-order valence-electron chi connectivity index (χ3n) is 3.63. The molecule has 1 aliphatic rings.